The number of benzene rings is 1. The van der Waals surface area contributed by atoms with E-state index in [4.69, 9.17) is 9.57 Å². The van der Waals surface area contributed by atoms with Crippen LogP contribution in [0.4, 0.5) is 0 Å². The monoisotopic (exact) mass is 445 g/mol. The van der Waals surface area contributed by atoms with Crippen LogP contribution in [0.25, 0.3) is 0 Å². The summed E-state index contributed by atoms with van der Waals surface area (Å²) >= 11 is 0. The van der Waals surface area contributed by atoms with E-state index in [9.17, 15) is 19.5 Å². The van der Waals surface area contributed by atoms with E-state index < -0.39 is 23.4 Å². The van der Waals surface area contributed by atoms with Crippen molar-refractivity contribution in [1.82, 2.24) is 5.06 Å². The van der Waals surface area contributed by atoms with Crippen molar-refractivity contribution >= 4 is 17.8 Å². The molecule has 2 amide bonds. The first-order chi connectivity index (χ1) is 15.2. The Kier molecular flexibility index (Phi) is 7.47. The molecule has 3 rings (SSSR count). The van der Waals surface area contributed by atoms with Crippen molar-refractivity contribution in [2.75, 3.05) is 0 Å². The van der Waals surface area contributed by atoms with Gasteiger partial charge >= 0.3 is 5.97 Å². The number of ether oxygens (including phenoxy) is 1. The fraction of sp³-hybridized carbons (Fsp3) is 0.640. The highest BCUT2D eigenvalue weighted by Gasteiger charge is 2.45. The molecule has 32 heavy (non-hydrogen) atoms. The van der Waals surface area contributed by atoms with E-state index in [0.717, 1.165) is 49.0 Å². The topological polar surface area (TPSA) is 93.1 Å². The molecule has 2 aliphatic heterocycles. The first kappa shape index (κ1) is 24.1. The van der Waals surface area contributed by atoms with Gasteiger partial charge < -0.3 is 14.7 Å². The summed E-state index contributed by atoms with van der Waals surface area (Å²) in [6.07, 6.45) is 5.65. The van der Waals surface area contributed by atoms with Crippen LogP contribution in [0.5, 0.6) is 11.5 Å². The molecule has 0 saturated carbocycles. The number of imide groups is 1. The molecule has 3 atom stereocenters. The third-order valence-corrected chi connectivity index (χ3v) is 7.00. The number of amides is 2. The predicted molar refractivity (Wildman–Crippen MR) is 119 cm³/mol. The van der Waals surface area contributed by atoms with E-state index in [1.165, 1.54) is 0 Å². The number of hydrogen-bond donors (Lipinski definition) is 1. The molecule has 0 radical (unpaired) electrons. The van der Waals surface area contributed by atoms with Crippen molar-refractivity contribution in [1.29, 1.82) is 0 Å². The van der Waals surface area contributed by atoms with Crippen molar-refractivity contribution in [3.8, 4) is 11.5 Å². The SMILES string of the molecule is CCCCCc1cc(O)c2c(c1)O[C@@](C)(CC)C(CCC(=O)ON1C(=O)CCC1=O)C2C. The minimum Gasteiger partial charge on any atom is -0.508 e. The zero-order valence-electron chi connectivity index (χ0n) is 19.6. The van der Waals surface area contributed by atoms with Gasteiger partial charge in [0.25, 0.3) is 11.8 Å². The Morgan fingerprint density at radius 3 is 2.53 bits per heavy atom. The fourth-order valence-electron chi connectivity index (χ4n) is 4.96. The van der Waals surface area contributed by atoms with E-state index >= 15 is 0 Å². The molecular formula is C25H35NO6. The number of phenolic OH excluding ortho intramolecular Hbond substituents is 1. The van der Waals surface area contributed by atoms with Gasteiger partial charge in [-0.3, -0.25) is 9.59 Å². The van der Waals surface area contributed by atoms with Crippen LogP contribution in [0.2, 0.25) is 0 Å². The van der Waals surface area contributed by atoms with Gasteiger partial charge in [-0.15, -0.1) is 5.06 Å². The Bertz CT molecular complexity index is 865. The normalized spacial score (nSPS) is 24.9. The predicted octanol–water partition coefficient (Wildman–Crippen LogP) is 4.79. The zero-order chi connectivity index (χ0) is 23.5. The minimum atomic E-state index is -0.611. The second kappa shape index (κ2) is 9.92. The Hall–Kier alpha value is -2.57. The number of fused-ring (bicyclic) bond motifs is 1. The summed E-state index contributed by atoms with van der Waals surface area (Å²) in [5.74, 6) is -0.693. The van der Waals surface area contributed by atoms with Crippen LogP contribution >= 0.6 is 0 Å². The third-order valence-electron chi connectivity index (χ3n) is 7.00. The fourth-order valence-corrected chi connectivity index (χ4v) is 4.96. The molecule has 1 aromatic carbocycles. The molecule has 2 heterocycles. The molecule has 7 nitrogen and oxygen atoms in total. The first-order valence-corrected chi connectivity index (χ1v) is 11.8. The maximum absolute atomic E-state index is 12.4. The van der Waals surface area contributed by atoms with Gasteiger partial charge in [0.1, 0.15) is 17.1 Å². The van der Waals surface area contributed by atoms with Gasteiger partial charge in [0, 0.05) is 30.7 Å². The van der Waals surface area contributed by atoms with E-state index in [-0.39, 0.29) is 36.8 Å². The third kappa shape index (κ3) is 4.92. The lowest BCUT2D eigenvalue weighted by Gasteiger charge is -2.46. The van der Waals surface area contributed by atoms with Gasteiger partial charge in [0.15, 0.2) is 0 Å². The van der Waals surface area contributed by atoms with Crippen LogP contribution in [0.3, 0.4) is 0 Å². The molecule has 2 aliphatic rings. The number of unbranched alkanes of at least 4 members (excludes halogenated alkanes) is 2. The molecule has 1 N–H and O–H groups in total. The van der Waals surface area contributed by atoms with Crippen LogP contribution in [-0.2, 0) is 25.6 Å². The van der Waals surface area contributed by atoms with Crippen molar-refractivity contribution in [2.45, 2.75) is 97.0 Å². The standard InChI is InChI=1S/C25H35NO6/c1-5-7-8-9-17-14-19(27)24-16(3)18(25(4,6-2)31-20(24)15-17)10-13-23(30)32-26-21(28)11-12-22(26)29/h14-16,18,27H,5-13H2,1-4H3/t16?,18?,25-/m0/s1. The van der Waals surface area contributed by atoms with Crippen LogP contribution in [0.1, 0.15) is 96.1 Å². The summed E-state index contributed by atoms with van der Waals surface area (Å²) in [7, 11) is 0. The minimum absolute atomic E-state index is 0.0313. The van der Waals surface area contributed by atoms with E-state index in [1.54, 1.807) is 0 Å². The lowest BCUT2D eigenvalue weighted by Crippen LogP contribution is -2.46. The molecule has 0 bridgehead atoms. The Morgan fingerprint density at radius 2 is 1.91 bits per heavy atom. The smallest absolute Gasteiger partial charge is 0.333 e. The summed E-state index contributed by atoms with van der Waals surface area (Å²) in [4.78, 5) is 40.8. The summed E-state index contributed by atoms with van der Waals surface area (Å²) in [5, 5.41) is 11.4. The van der Waals surface area contributed by atoms with Gasteiger partial charge in [0.2, 0.25) is 0 Å². The highest BCUT2D eigenvalue weighted by atomic mass is 16.7. The number of nitrogens with zero attached hydrogens (tertiary/aromatic N) is 1. The molecule has 0 aromatic heterocycles. The highest BCUT2D eigenvalue weighted by molar-refractivity contribution is 6.01. The van der Waals surface area contributed by atoms with Crippen molar-refractivity contribution in [2.24, 2.45) is 5.92 Å². The Labute approximate surface area is 190 Å². The largest absolute Gasteiger partial charge is 0.508 e. The number of hydroxylamine groups is 2. The van der Waals surface area contributed by atoms with Crippen LogP contribution in [0, 0.1) is 5.92 Å². The molecule has 0 spiro atoms. The van der Waals surface area contributed by atoms with Crippen molar-refractivity contribution < 1.29 is 29.1 Å². The second-order valence-electron chi connectivity index (χ2n) is 9.23. The van der Waals surface area contributed by atoms with Crippen LogP contribution < -0.4 is 4.74 Å². The maximum Gasteiger partial charge on any atom is 0.333 e. The second-order valence-corrected chi connectivity index (χ2v) is 9.23. The Morgan fingerprint density at radius 1 is 1.22 bits per heavy atom. The first-order valence-electron chi connectivity index (χ1n) is 11.8. The van der Waals surface area contributed by atoms with E-state index in [2.05, 4.69) is 20.8 Å². The quantitative estimate of drug-likeness (QED) is 0.434. The lowest BCUT2D eigenvalue weighted by molar-refractivity contribution is -0.198. The lowest BCUT2D eigenvalue weighted by atomic mass is 9.70. The molecule has 2 unspecified atom stereocenters. The van der Waals surface area contributed by atoms with Crippen LogP contribution in [0.15, 0.2) is 12.1 Å². The average molecular weight is 446 g/mol. The summed E-state index contributed by atoms with van der Waals surface area (Å²) in [6, 6.07) is 3.88. The Balaban J connectivity index is 1.74. The highest BCUT2D eigenvalue weighted by Crippen LogP contribution is 2.51. The van der Waals surface area contributed by atoms with Gasteiger partial charge in [-0.05, 0) is 56.2 Å². The van der Waals surface area contributed by atoms with E-state index in [0.29, 0.717) is 11.5 Å². The summed E-state index contributed by atoms with van der Waals surface area (Å²) in [6.45, 7) is 8.31. The van der Waals surface area contributed by atoms with Crippen molar-refractivity contribution in [3.63, 3.8) is 0 Å². The number of aromatic hydroxyl groups is 1. The van der Waals surface area contributed by atoms with Gasteiger partial charge in [-0.1, -0.05) is 33.6 Å². The molecule has 176 valence electrons. The molecule has 1 saturated heterocycles. The summed E-state index contributed by atoms with van der Waals surface area (Å²) in [5.41, 5.74) is 1.33. The van der Waals surface area contributed by atoms with Gasteiger partial charge in [-0.25, -0.2) is 4.79 Å². The van der Waals surface area contributed by atoms with Crippen molar-refractivity contribution in [3.05, 3.63) is 23.3 Å². The molecule has 7 heteroatoms. The molecule has 1 fully saturated rings. The van der Waals surface area contributed by atoms with Crippen LogP contribution in [-0.4, -0.2) is 33.6 Å². The number of phenols is 1. The number of carbonyl (C=O) groups is 3. The molecular weight excluding hydrogens is 410 g/mol. The average Bonchev–Trinajstić information content (AvgIpc) is 3.05. The molecule has 1 aromatic rings. The van der Waals surface area contributed by atoms with Gasteiger partial charge in [0.05, 0.1) is 0 Å². The number of aryl methyl sites for hydroxylation is 1. The summed E-state index contributed by atoms with van der Waals surface area (Å²) < 4.78 is 6.45. The number of carbonyl (C=O) groups excluding carboxylic acids is 3. The number of rotatable bonds is 9. The van der Waals surface area contributed by atoms with E-state index in [1.807, 2.05) is 19.1 Å². The number of hydrogen-bond acceptors (Lipinski definition) is 6. The van der Waals surface area contributed by atoms with Gasteiger partial charge in [-0.2, -0.15) is 0 Å². The molecule has 0 aliphatic carbocycles. The zero-order valence-corrected chi connectivity index (χ0v) is 19.6. The maximum atomic E-state index is 12.4.